The molecule has 0 spiro atoms. The Kier molecular flexibility index (Phi) is 4.70. The summed E-state index contributed by atoms with van der Waals surface area (Å²) in [7, 11) is 0. The molecule has 1 heterocycles. The van der Waals surface area contributed by atoms with E-state index in [0.29, 0.717) is 0 Å². The van der Waals surface area contributed by atoms with Crippen LogP contribution < -0.4 is 0 Å². The summed E-state index contributed by atoms with van der Waals surface area (Å²) < 4.78 is 0. The van der Waals surface area contributed by atoms with Gasteiger partial charge in [0.25, 0.3) is 0 Å². The minimum Gasteiger partial charge on any atom is -0.340 e. The molecule has 1 aromatic rings. The molecule has 1 aromatic heterocycles. The first-order valence-corrected chi connectivity index (χ1v) is 5.72. The number of aromatic nitrogens is 2. The predicted octanol–water partition coefficient (Wildman–Crippen LogP) is 2.68. The molecule has 0 radical (unpaired) electrons. The normalized spacial score (nSPS) is 10.3. The van der Waals surface area contributed by atoms with Crippen LogP contribution in [0.25, 0.3) is 0 Å². The van der Waals surface area contributed by atoms with E-state index in [2.05, 4.69) is 25.9 Å². The highest BCUT2D eigenvalue weighted by Crippen LogP contribution is 2.13. The van der Waals surface area contributed by atoms with Crippen LogP contribution in [0.2, 0.25) is 0 Å². The van der Waals surface area contributed by atoms with Gasteiger partial charge in [-0.25, -0.2) is 4.98 Å². The van der Waals surface area contributed by atoms with Crippen LogP contribution in [-0.2, 0) is 0 Å². The molecular formula is C7H11BrN2S. The van der Waals surface area contributed by atoms with Gasteiger partial charge in [-0.1, -0.05) is 27.7 Å². The molecule has 0 unspecified atom stereocenters. The van der Waals surface area contributed by atoms with Crippen molar-refractivity contribution >= 4 is 27.7 Å². The van der Waals surface area contributed by atoms with Crippen LogP contribution in [0.3, 0.4) is 0 Å². The first kappa shape index (κ1) is 9.13. The van der Waals surface area contributed by atoms with Crippen molar-refractivity contribution in [2.24, 2.45) is 0 Å². The van der Waals surface area contributed by atoms with Crippen molar-refractivity contribution in [3.05, 3.63) is 12.4 Å². The zero-order valence-corrected chi connectivity index (χ0v) is 8.62. The molecule has 11 heavy (non-hydrogen) atoms. The van der Waals surface area contributed by atoms with Crippen LogP contribution in [0.4, 0.5) is 0 Å². The summed E-state index contributed by atoms with van der Waals surface area (Å²) in [4.78, 5) is 7.16. The van der Waals surface area contributed by atoms with Gasteiger partial charge in [0.05, 0.1) is 0 Å². The van der Waals surface area contributed by atoms with E-state index in [-0.39, 0.29) is 0 Å². The quantitative estimate of drug-likeness (QED) is 0.483. The maximum Gasteiger partial charge on any atom is 0.165 e. The van der Waals surface area contributed by atoms with Crippen molar-refractivity contribution in [3.63, 3.8) is 0 Å². The molecule has 0 aromatic carbocycles. The average Bonchev–Trinajstić information content (AvgIpc) is 2.50. The van der Waals surface area contributed by atoms with Gasteiger partial charge in [-0.3, -0.25) is 0 Å². The van der Waals surface area contributed by atoms with Crippen LogP contribution in [0.15, 0.2) is 17.6 Å². The number of halogens is 1. The number of H-pyrrole nitrogens is 1. The summed E-state index contributed by atoms with van der Waals surface area (Å²) in [5.74, 6) is 1.15. The third kappa shape index (κ3) is 3.82. The molecular weight excluding hydrogens is 224 g/mol. The van der Waals surface area contributed by atoms with Crippen molar-refractivity contribution in [1.82, 2.24) is 9.97 Å². The Morgan fingerprint density at radius 3 is 3.09 bits per heavy atom. The van der Waals surface area contributed by atoms with E-state index < -0.39 is 0 Å². The fraction of sp³-hybridized carbons (Fsp3) is 0.571. The largest absolute Gasteiger partial charge is 0.340 e. The van der Waals surface area contributed by atoms with Gasteiger partial charge in [0.2, 0.25) is 0 Å². The van der Waals surface area contributed by atoms with E-state index in [9.17, 15) is 0 Å². The molecule has 4 heteroatoms. The van der Waals surface area contributed by atoms with Gasteiger partial charge in [-0.05, 0) is 12.8 Å². The molecule has 0 aliphatic rings. The van der Waals surface area contributed by atoms with E-state index in [0.717, 1.165) is 16.2 Å². The summed E-state index contributed by atoms with van der Waals surface area (Å²) in [5.41, 5.74) is 0. The van der Waals surface area contributed by atoms with Crippen LogP contribution in [0, 0.1) is 0 Å². The number of hydrogen-bond acceptors (Lipinski definition) is 2. The summed E-state index contributed by atoms with van der Waals surface area (Å²) in [6, 6.07) is 0. The first-order chi connectivity index (χ1) is 5.43. The van der Waals surface area contributed by atoms with Gasteiger partial charge in [-0.2, -0.15) is 0 Å². The first-order valence-electron chi connectivity index (χ1n) is 3.61. The van der Waals surface area contributed by atoms with Gasteiger partial charge in [0.1, 0.15) is 0 Å². The highest BCUT2D eigenvalue weighted by Gasteiger charge is 1.93. The Labute approximate surface area is 79.3 Å². The maximum absolute atomic E-state index is 4.11. The second-order valence-electron chi connectivity index (χ2n) is 2.14. The molecule has 0 amide bonds. The van der Waals surface area contributed by atoms with Crippen LogP contribution in [0.1, 0.15) is 12.8 Å². The topological polar surface area (TPSA) is 28.7 Å². The second kappa shape index (κ2) is 5.66. The number of rotatable bonds is 5. The number of nitrogens with zero attached hydrogens (tertiary/aromatic N) is 1. The standard InChI is InChI=1S/C7H11BrN2S/c8-3-1-2-6-11-7-9-4-5-10-7/h4-5H,1-3,6H2,(H,9,10). The van der Waals surface area contributed by atoms with Crippen molar-refractivity contribution in [1.29, 1.82) is 0 Å². The predicted molar refractivity (Wildman–Crippen MR) is 52.3 cm³/mol. The van der Waals surface area contributed by atoms with Gasteiger partial charge >= 0.3 is 0 Å². The fourth-order valence-electron chi connectivity index (χ4n) is 0.695. The lowest BCUT2D eigenvalue weighted by molar-refractivity contribution is 0.908. The smallest absolute Gasteiger partial charge is 0.165 e. The molecule has 0 saturated carbocycles. The molecule has 62 valence electrons. The van der Waals surface area contributed by atoms with Crippen LogP contribution >= 0.6 is 27.7 Å². The van der Waals surface area contributed by atoms with E-state index in [1.54, 1.807) is 18.0 Å². The lowest BCUT2D eigenvalue weighted by Gasteiger charge is -1.94. The van der Waals surface area contributed by atoms with E-state index in [1.165, 1.54) is 12.8 Å². The lowest BCUT2D eigenvalue weighted by Crippen LogP contribution is -1.82. The second-order valence-corrected chi connectivity index (χ2v) is 4.02. The van der Waals surface area contributed by atoms with Crippen LogP contribution in [0.5, 0.6) is 0 Å². The zero-order chi connectivity index (χ0) is 7.94. The third-order valence-corrected chi connectivity index (χ3v) is 2.79. The van der Waals surface area contributed by atoms with Crippen LogP contribution in [-0.4, -0.2) is 21.1 Å². The molecule has 2 nitrogen and oxygen atoms in total. The molecule has 1 N–H and O–H groups in total. The Balaban J connectivity index is 2.04. The summed E-state index contributed by atoms with van der Waals surface area (Å²) >= 11 is 5.18. The van der Waals surface area contributed by atoms with Crippen molar-refractivity contribution < 1.29 is 0 Å². The van der Waals surface area contributed by atoms with Gasteiger partial charge in [-0.15, -0.1) is 0 Å². The minimum atomic E-state index is 1.03. The van der Waals surface area contributed by atoms with E-state index in [1.807, 2.05) is 6.20 Å². The summed E-state index contributed by atoms with van der Waals surface area (Å²) in [6.45, 7) is 0. The van der Waals surface area contributed by atoms with Crippen molar-refractivity contribution in [2.45, 2.75) is 18.0 Å². The van der Waals surface area contributed by atoms with Gasteiger partial charge < -0.3 is 4.98 Å². The van der Waals surface area contributed by atoms with E-state index in [4.69, 9.17) is 0 Å². The number of alkyl halides is 1. The Bertz CT molecular complexity index is 177. The summed E-state index contributed by atoms with van der Waals surface area (Å²) in [5, 5.41) is 2.13. The molecule has 1 rings (SSSR count). The number of thioether (sulfide) groups is 1. The SMILES string of the molecule is BrCCCCSc1ncc[nH]1. The highest BCUT2D eigenvalue weighted by molar-refractivity contribution is 9.09. The Hall–Kier alpha value is 0.0400. The molecule has 0 saturated heterocycles. The molecule has 0 aliphatic carbocycles. The number of imidazole rings is 1. The molecule has 0 aliphatic heterocycles. The maximum atomic E-state index is 4.11. The fourth-order valence-corrected chi connectivity index (χ4v) is 1.92. The number of nitrogens with one attached hydrogen (secondary N) is 1. The van der Waals surface area contributed by atoms with Gasteiger partial charge in [0, 0.05) is 23.5 Å². The van der Waals surface area contributed by atoms with Crippen molar-refractivity contribution in [3.8, 4) is 0 Å². The molecule has 0 atom stereocenters. The number of hydrogen-bond donors (Lipinski definition) is 1. The minimum absolute atomic E-state index is 1.03. The molecule has 0 bridgehead atoms. The third-order valence-electron chi connectivity index (χ3n) is 1.24. The lowest BCUT2D eigenvalue weighted by atomic mass is 10.4. The Morgan fingerprint density at radius 2 is 2.45 bits per heavy atom. The number of unbranched alkanes of at least 4 members (excludes halogenated alkanes) is 1. The van der Waals surface area contributed by atoms with Gasteiger partial charge in [0.15, 0.2) is 5.16 Å². The molecule has 0 fully saturated rings. The highest BCUT2D eigenvalue weighted by atomic mass is 79.9. The number of aromatic amines is 1. The summed E-state index contributed by atoms with van der Waals surface area (Å²) in [6.07, 6.45) is 6.13. The van der Waals surface area contributed by atoms with E-state index >= 15 is 0 Å². The average molecular weight is 235 g/mol. The monoisotopic (exact) mass is 234 g/mol. The zero-order valence-electron chi connectivity index (χ0n) is 6.22. The van der Waals surface area contributed by atoms with Crippen molar-refractivity contribution in [2.75, 3.05) is 11.1 Å². The Morgan fingerprint density at radius 1 is 1.55 bits per heavy atom.